The number of fused-ring (bicyclic) bond motifs is 2. The van der Waals surface area contributed by atoms with Gasteiger partial charge in [0, 0.05) is 42.1 Å². The SMILES string of the molecule is CC(=O)Nc1ccc(C(=O)/C=C2\NCCc3cc4c(cc32)OCO4)cc1. The first kappa shape index (κ1) is 16.2. The van der Waals surface area contributed by atoms with E-state index in [4.69, 9.17) is 9.47 Å². The lowest BCUT2D eigenvalue weighted by Gasteiger charge is -2.21. The third kappa shape index (κ3) is 3.13. The molecule has 2 aromatic rings. The Morgan fingerprint density at radius 3 is 2.58 bits per heavy atom. The van der Waals surface area contributed by atoms with E-state index in [0.717, 1.165) is 35.5 Å². The fourth-order valence-corrected chi connectivity index (χ4v) is 3.13. The zero-order valence-electron chi connectivity index (χ0n) is 14.3. The molecule has 4 rings (SSSR count). The number of amides is 1. The molecule has 6 nitrogen and oxygen atoms in total. The maximum Gasteiger partial charge on any atom is 0.231 e. The number of hydrogen-bond donors (Lipinski definition) is 2. The molecule has 0 aromatic heterocycles. The summed E-state index contributed by atoms with van der Waals surface area (Å²) in [5, 5.41) is 5.98. The second kappa shape index (κ2) is 6.55. The number of ether oxygens (including phenoxy) is 2. The van der Waals surface area contributed by atoms with E-state index in [-0.39, 0.29) is 18.5 Å². The number of carbonyl (C=O) groups excluding carboxylic acids is 2. The van der Waals surface area contributed by atoms with Gasteiger partial charge in [0.1, 0.15) is 0 Å². The summed E-state index contributed by atoms with van der Waals surface area (Å²) in [6, 6.07) is 10.7. The van der Waals surface area contributed by atoms with Crippen LogP contribution in [0.25, 0.3) is 5.70 Å². The summed E-state index contributed by atoms with van der Waals surface area (Å²) < 4.78 is 10.9. The van der Waals surface area contributed by atoms with Gasteiger partial charge in [0.25, 0.3) is 0 Å². The molecule has 6 heteroatoms. The number of anilines is 1. The lowest BCUT2D eigenvalue weighted by molar-refractivity contribution is -0.114. The summed E-state index contributed by atoms with van der Waals surface area (Å²) in [5.41, 5.74) is 4.09. The van der Waals surface area contributed by atoms with E-state index in [2.05, 4.69) is 10.6 Å². The Hall–Kier alpha value is -3.28. The van der Waals surface area contributed by atoms with E-state index in [1.54, 1.807) is 30.3 Å². The molecule has 0 unspecified atom stereocenters. The standard InChI is InChI=1S/C20H18N2O4/c1-12(23)22-15-4-2-13(3-5-15)18(24)10-17-16-9-20-19(25-11-26-20)8-14(16)6-7-21-17/h2-5,8-10,21H,6-7,11H2,1H3,(H,22,23)/b17-10-. The quantitative estimate of drug-likeness (QED) is 0.657. The highest BCUT2D eigenvalue weighted by Gasteiger charge is 2.22. The monoisotopic (exact) mass is 350 g/mol. The molecule has 2 aliphatic heterocycles. The minimum atomic E-state index is -0.145. The third-order valence-electron chi connectivity index (χ3n) is 4.36. The Morgan fingerprint density at radius 1 is 1.12 bits per heavy atom. The van der Waals surface area contributed by atoms with Crippen LogP contribution in [0.1, 0.15) is 28.4 Å². The Labute approximate surface area is 150 Å². The van der Waals surface area contributed by atoms with Gasteiger partial charge in [0.2, 0.25) is 12.7 Å². The van der Waals surface area contributed by atoms with E-state index in [1.807, 2.05) is 12.1 Å². The molecule has 2 aliphatic rings. The Bertz CT molecular complexity index is 916. The van der Waals surface area contributed by atoms with E-state index >= 15 is 0 Å². The molecule has 0 radical (unpaired) electrons. The minimum absolute atomic E-state index is 0.104. The number of ketones is 1. The van der Waals surface area contributed by atoms with Crippen molar-refractivity contribution in [1.29, 1.82) is 0 Å². The molecular weight excluding hydrogens is 332 g/mol. The fourth-order valence-electron chi connectivity index (χ4n) is 3.13. The van der Waals surface area contributed by atoms with Gasteiger partial charge in [-0.3, -0.25) is 9.59 Å². The molecule has 2 aromatic carbocycles. The van der Waals surface area contributed by atoms with E-state index in [1.165, 1.54) is 6.92 Å². The third-order valence-corrected chi connectivity index (χ3v) is 4.36. The maximum absolute atomic E-state index is 12.6. The van der Waals surface area contributed by atoms with Crippen LogP contribution in [0.15, 0.2) is 42.5 Å². The summed E-state index contributed by atoms with van der Waals surface area (Å²) in [7, 11) is 0. The van der Waals surface area contributed by atoms with Gasteiger partial charge >= 0.3 is 0 Å². The summed E-state index contributed by atoms with van der Waals surface area (Å²) in [6.45, 7) is 2.43. The van der Waals surface area contributed by atoms with Gasteiger partial charge in [-0.25, -0.2) is 0 Å². The summed E-state index contributed by atoms with van der Waals surface area (Å²) >= 11 is 0. The van der Waals surface area contributed by atoms with Gasteiger partial charge in [-0.05, 0) is 48.4 Å². The van der Waals surface area contributed by atoms with Crippen molar-refractivity contribution in [3.63, 3.8) is 0 Å². The van der Waals surface area contributed by atoms with E-state index < -0.39 is 0 Å². The normalized spacial score (nSPS) is 16.0. The Morgan fingerprint density at radius 2 is 1.85 bits per heavy atom. The number of allylic oxidation sites excluding steroid dienone is 1. The average Bonchev–Trinajstić information content (AvgIpc) is 3.07. The second-order valence-corrected chi connectivity index (χ2v) is 6.22. The van der Waals surface area contributed by atoms with E-state index in [9.17, 15) is 9.59 Å². The molecule has 0 fully saturated rings. The first-order valence-electron chi connectivity index (χ1n) is 8.40. The van der Waals surface area contributed by atoms with Gasteiger partial charge in [-0.1, -0.05) is 0 Å². The van der Waals surface area contributed by atoms with Crippen molar-refractivity contribution in [3.8, 4) is 11.5 Å². The van der Waals surface area contributed by atoms with Crippen LogP contribution < -0.4 is 20.1 Å². The molecule has 1 amide bonds. The lowest BCUT2D eigenvalue weighted by atomic mass is 9.96. The predicted molar refractivity (Wildman–Crippen MR) is 97.3 cm³/mol. The van der Waals surface area contributed by atoms with Crippen LogP contribution in [0, 0.1) is 0 Å². The number of benzene rings is 2. The van der Waals surface area contributed by atoms with Gasteiger partial charge in [-0.15, -0.1) is 0 Å². The Balaban J connectivity index is 1.61. The molecule has 0 bridgehead atoms. The molecule has 2 heterocycles. The van der Waals surface area contributed by atoms with E-state index in [0.29, 0.717) is 17.0 Å². The molecule has 0 aliphatic carbocycles. The number of rotatable bonds is 3. The van der Waals surface area contributed by atoms with Crippen LogP contribution in [-0.4, -0.2) is 25.0 Å². The van der Waals surface area contributed by atoms with Crippen LogP contribution in [0.3, 0.4) is 0 Å². The zero-order chi connectivity index (χ0) is 18.1. The lowest BCUT2D eigenvalue weighted by Crippen LogP contribution is -2.23. The van der Waals surface area contributed by atoms with Crippen molar-refractivity contribution in [1.82, 2.24) is 5.32 Å². The molecule has 2 N–H and O–H groups in total. The van der Waals surface area contributed by atoms with Gasteiger partial charge < -0.3 is 20.1 Å². The van der Waals surface area contributed by atoms with Crippen molar-refractivity contribution >= 4 is 23.1 Å². The van der Waals surface area contributed by atoms with Crippen molar-refractivity contribution < 1.29 is 19.1 Å². The molecule has 0 saturated carbocycles. The summed E-state index contributed by atoms with van der Waals surface area (Å²) in [6.07, 6.45) is 2.47. The molecule has 0 spiro atoms. The smallest absolute Gasteiger partial charge is 0.231 e. The highest BCUT2D eigenvalue weighted by molar-refractivity contribution is 6.09. The van der Waals surface area contributed by atoms with Gasteiger partial charge in [-0.2, -0.15) is 0 Å². The highest BCUT2D eigenvalue weighted by Crippen LogP contribution is 2.38. The first-order chi connectivity index (χ1) is 12.6. The fraction of sp³-hybridized carbons (Fsp3) is 0.200. The molecule has 0 atom stereocenters. The number of carbonyl (C=O) groups is 2. The first-order valence-corrected chi connectivity index (χ1v) is 8.40. The molecule has 132 valence electrons. The largest absolute Gasteiger partial charge is 0.454 e. The Kier molecular flexibility index (Phi) is 4.08. The minimum Gasteiger partial charge on any atom is -0.454 e. The highest BCUT2D eigenvalue weighted by atomic mass is 16.7. The maximum atomic E-state index is 12.6. The number of hydrogen-bond acceptors (Lipinski definition) is 5. The summed E-state index contributed by atoms with van der Waals surface area (Å²) in [5.74, 6) is 1.20. The van der Waals surface area contributed by atoms with Crippen molar-refractivity contribution in [2.45, 2.75) is 13.3 Å². The van der Waals surface area contributed by atoms with Crippen LogP contribution in [0.4, 0.5) is 5.69 Å². The average molecular weight is 350 g/mol. The van der Waals surface area contributed by atoms with Gasteiger partial charge in [0.15, 0.2) is 17.3 Å². The topological polar surface area (TPSA) is 76.7 Å². The van der Waals surface area contributed by atoms with Crippen molar-refractivity contribution in [3.05, 3.63) is 59.2 Å². The molecule has 26 heavy (non-hydrogen) atoms. The zero-order valence-corrected chi connectivity index (χ0v) is 14.3. The van der Waals surface area contributed by atoms with Crippen LogP contribution in [0.5, 0.6) is 11.5 Å². The van der Waals surface area contributed by atoms with Crippen LogP contribution >= 0.6 is 0 Å². The van der Waals surface area contributed by atoms with Gasteiger partial charge in [0.05, 0.1) is 0 Å². The molecular formula is C20H18N2O4. The summed E-state index contributed by atoms with van der Waals surface area (Å²) in [4.78, 5) is 23.7. The number of nitrogens with one attached hydrogen (secondary N) is 2. The van der Waals surface area contributed by atoms with Crippen LogP contribution in [-0.2, 0) is 11.2 Å². The van der Waals surface area contributed by atoms with Crippen molar-refractivity contribution in [2.75, 3.05) is 18.7 Å². The molecule has 0 saturated heterocycles. The second-order valence-electron chi connectivity index (χ2n) is 6.22. The van der Waals surface area contributed by atoms with Crippen LogP contribution in [0.2, 0.25) is 0 Å². The van der Waals surface area contributed by atoms with Crippen molar-refractivity contribution in [2.24, 2.45) is 0 Å². The predicted octanol–water partition coefficient (Wildman–Crippen LogP) is 2.74.